The highest BCUT2D eigenvalue weighted by Gasteiger charge is 2.23. The minimum atomic E-state index is -3.38. The Labute approximate surface area is 178 Å². The van der Waals surface area contributed by atoms with Gasteiger partial charge in [0, 0.05) is 11.8 Å². The Morgan fingerprint density at radius 2 is 1.66 bits per heavy atom. The molecule has 0 aromatic heterocycles. The molecule has 29 heavy (non-hydrogen) atoms. The Bertz CT molecular complexity index is 1170. The molecule has 2 atom stereocenters. The molecule has 0 aliphatic heterocycles. The van der Waals surface area contributed by atoms with E-state index >= 15 is 0 Å². The van der Waals surface area contributed by atoms with Crippen molar-refractivity contribution in [3.8, 4) is 11.1 Å². The van der Waals surface area contributed by atoms with Crippen molar-refractivity contribution in [2.45, 2.75) is 17.0 Å². The third-order valence-corrected chi connectivity index (χ3v) is 6.43. The fourth-order valence-electron chi connectivity index (χ4n) is 2.95. The Balaban J connectivity index is 1.92. The van der Waals surface area contributed by atoms with E-state index < -0.39 is 27.8 Å². The van der Waals surface area contributed by atoms with Crippen LogP contribution >= 0.6 is 23.2 Å². The quantitative estimate of drug-likeness (QED) is 0.573. The molecule has 0 saturated heterocycles. The number of hydrogen-bond acceptors (Lipinski definition) is 4. The smallest absolute Gasteiger partial charge is 0.175 e. The third-order valence-electron chi connectivity index (χ3n) is 4.58. The molecule has 0 amide bonds. The second-order valence-electron chi connectivity index (χ2n) is 6.68. The van der Waals surface area contributed by atoms with Gasteiger partial charge >= 0.3 is 0 Å². The Morgan fingerprint density at radius 1 is 0.966 bits per heavy atom. The van der Waals surface area contributed by atoms with Crippen molar-refractivity contribution in [2.24, 2.45) is 5.73 Å². The maximum atomic E-state index is 14.8. The SMILES string of the molecule is CS(=O)(=O)c1cccc(-c2ccc([C@@H](O)[C@@H](N)c3ccc(Cl)c(Cl)c3)c(F)c2)c1. The lowest BCUT2D eigenvalue weighted by atomic mass is 9.94. The molecule has 4 nitrogen and oxygen atoms in total. The van der Waals surface area contributed by atoms with E-state index in [1.165, 1.54) is 30.3 Å². The van der Waals surface area contributed by atoms with Crippen molar-refractivity contribution in [3.05, 3.63) is 87.7 Å². The Kier molecular flexibility index (Phi) is 6.31. The zero-order chi connectivity index (χ0) is 21.3. The summed E-state index contributed by atoms with van der Waals surface area (Å²) in [5, 5.41) is 11.2. The number of benzene rings is 3. The average molecular weight is 454 g/mol. The highest BCUT2D eigenvalue weighted by molar-refractivity contribution is 7.90. The van der Waals surface area contributed by atoms with E-state index in [0.29, 0.717) is 21.7 Å². The first kappa shape index (κ1) is 21.7. The molecule has 0 aliphatic rings. The minimum absolute atomic E-state index is 0.0200. The lowest BCUT2D eigenvalue weighted by Gasteiger charge is -2.21. The summed E-state index contributed by atoms with van der Waals surface area (Å²) in [5.74, 6) is -0.657. The molecule has 0 unspecified atom stereocenters. The predicted octanol–water partition coefficient (Wildman–Crippen LogP) is 4.94. The van der Waals surface area contributed by atoms with Crippen molar-refractivity contribution in [2.75, 3.05) is 6.26 Å². The van der Waals surface area contributed by atoms with Gasteiger partial charge in [0.05, 0.1) is 21.0 Å². The van der Waals surface area contributed by atoms with Gasteiger partial charge in [-0.2, -0.15) is 0 Å². The van der Waals surface area contributed by atoms with Crippen LogP contribution in [0.3, 0.4) is 0 Å². The molecule has 0 heterocycles. The summed E-state index contributed by atoms with van der Waals surface area (Å²) < 4.78 is 38.2. The summed E-state index contributed by atoms with van der Waals surface area (Å²) in [6.45, 7) is 0. The lowest BCUT2D eigenvalue weighted by Crippen LogP contribution is -2.20. The highest BCUT2D eigenvalue weighted by Crippen LogP contribution is 2.33. The predicted molar refractivity (Wildman–Crippen MR) is 113 cm³/mol. The maximum absolute atomic E-state index is 14.8. The van der Waals surface area contributed by atoms with E-state index in [1.807, 2.05) is 0 Å². The van der Waals surface area contributed by atoms with E-state index in [0.717, 1.165) is 6.26 Å². The maximum Gasteiger partial charge on any atom is 0.175 e. The molecular formula is C21H18Cl2FNO3S. The minimum Gasteiger partial charge on any atom is -0.386 e. The van der Waals surface area contributed by atoms with E-state index in [9.17, 15) is 17.9 Å². The fourth-order valence-corrected chi connectivity index (χ4v) is 3.92. The summed E-state index contributed by atoms with van der Waals surface area (Å²) in [6, 6.07) is 14.3. The van der Waals surface area contributed by atoms with Gasteiger partial charge < -0.3 is 10.8 Å². The standard InChI is InChI=1S/C21H18Cl2FNO3S/c1-29(27,28)15-4-2-3-12(9-15)13-5-7-16(19(24)11-13)21(26)20(25)14-6-8-17(22)18(23)10-14/h2-11,20-21,26H,25H2,1H3/t20-,21+/m0/s1. The molecule has 0 spiro atoms. The zero-order valence-electron chi connectivity index (χ0n) is 15.3. The number of aliphatic hydroxyl groups is 1. The molecule has 152 valence electrons. The van der Waals surface area contributed by atoms with Crippen LogP contribution in [0.2, 0.25) is 10.0 Å². The van der Waals surface area contributed by atoms with Crippen LogP contribution in [0.1, 0.15) is 23.3 Å². The Morgan fingerprint density at radius 3 is 2.28 bits per heavy atom. The van der Waals surface area contributed by atoms with Crippen LogP contribution in [-0.4, -0.2) is 19.8 Å². The summed E-state index contributed by atoms with van der Waals surface area (Å²) >= 11 is 11.9. The van der Waals surface area contributed by atoms with Crippen LogP contribution in [0.25, 0.3) is 11.1 Å². The molecular weight excluding hydrogens is 436 g/mol. The first-order valence-electron chi connectivity index (χ1n) is 8.56. The van der Waals surface area contributed by atoms with Crippen molar-refractivity contribution in [3.63, 3.8) is 0 Å². The van der Waals surface area contributed by atoms with Crippen LogP contribution in [0.5, 0.6) is 0 Å². The van der Waals surface area contributed by atoms with Gasteiger partial charge in [0.25, 0.3) is 0 Å². The molecule has 0 saturated carbocycles. The van der Waals surface area contributed by atoms with Crippen molar-refractivity contribution in [1.82, 2.24) is 0 Å². The van der Waals surface area contributed by atoms with Crippen LogP contribution < -0.4 is 5.73 Å². The van der Waals surface area contributed by atoms with Gasteiger partial charge in [-0.1, -0.05) is 53.5 Å². The third kappa shape index (κ3) is 4.79. The van der Waals surface area contributed by atoms with E-state index in [4.69, 9.17) is 28.9 Å². The monoisotopic (exact) mass is 453 g/mol. The first-order chi connectivity index (χ1) is 13.6. The number of halogens is 3. The van der Waals surface area contributed by atoms with Gasteiger partial charge in [-0.05, 0) is 47.0 Å². The second kappa shape index (κ2) is 8.42. The number of hydrogen-bond donors (Lipinski definition) is 2. The largest absolute Gasteiger partial charge is 0.386 e. The Hall–Kier alpha value is -1.96. The van der Waals surface area contributed by atoms with Crippen molar-refractivity contribution >= 4 is 33.0 Å². The van der Waals surface area contributed by atoms with E-state index in [2.05, 4.69) is 0 Å². The molecule has 3 rings (SSSR count). The summed E-state index contributed by atoms with van der Waals surface area (Å²) in [7, 11) is -3.38. The van der Waals surface area contributed by atoms with E-state index in [1.54, 1.807) is 30.3 Å². The molecule has 0 aliphatic carbocycles. The van der Waals surface area contributed by atoms with Gasteiger partial charge in [-0.15, -0.1) is 0 Å². The van der Waals surface area contributed by atoms with Gasteiger partial charge in [0.1, 0.15) is 11.9 Å². The van der Waals surface area contributed by atoms with Crippen molar-refractivity contribution < 1.29 is 17.9 Å². The fraction of sp³-hybridized carbons (Fsp3) is 0.143. The molecule has 3 N–H and O–H groups in total. The zero-order valence-corrected chi connectivity index (χ0v) is 17.6. The molecule has 0 fully saturated rings. The van der Waals surface area contributed by atoms with Crippen LogP contribution in [-0.2, 0) is 9.84 Å². The van der Waals surface area contributed by atoms with Gasteiger partial charge in [0.15, 0.2) is 9.84 Å². The average Bonchev–Trinajstić information content (AvgIpc) is 2.68. The number of aliphatic hydroxyl groups excluding tert-OH is 1. The molecule has 0 bridgehead atoms. The highest BCUT2D eigenvalue weighted by atomic mass is 35.5. The van der Waals surface area contributed by atoms with Gasteiger partial charge in [-0.25, -0.2) is 12.8 Å². The topological polar surface area (TPSA) is 80.4 Å². The van der Waals surface area contributed by atoms with Gasteiger partial charge in [0.2, 0.25) is 0 Å². The number of sulfone groups is 1. The molecule has 3 aromatic carbocycles. The van der Waals surface area contributed by atoms with Crippen LogP contribution in [0.4, 0.5) is 4.39 Å². The van der Waals surface area contributed by atoms with E-state index in [-0.39, 0.29) is 15.5 Å². The molecule has 8 heteroatoms. The van der Waals surface area contributed by atoms with Crippen molar-refractivity contribution in [1.29, 1.82) is 0 Å². The summed E-state index contributed by atoms with van der Waals surface area (Å²) in [6.07, 6.45) is -0.208. The van der Waals surface area contributed by atoms with Crippen LogP contribution in [0.15, 0.2) is 65.6 Å². The summed E-state index contributed by atoms with van der Waals surface area (Å²) in [4.78, 5) is 0.140. The normalized spacial score (nSPS) is 13.9. The second-order valence-corrected chi connectivity index (χ2v) is 9.51. The lowest BCUT2D eigenvalue weighted by molar-refractivity contribution is 0.142. The number of nitrogens with two attached hydrogens (primary N) is 1. The summed E-state index contributed by atoms with van der Waals surface area (Å²) in [5.41, 5.74) is 7.64. The first-order valence-corrected chi connectivity index (χ1v) is 11.2. The van der Waals surface area contributed by atoms with Crippen LogP contribution in [0, 0.1) is 5.82 Å². The molecule has 3 aromatic rings. The van der Waals surface area contributed by atoms with Gasteiger partial charge in [-0.3, -0.25) is 0 Å². The molecule has 0 radical (unpaired) electrons. The number of rotatable bonds is 5.